The van der Waals surface area contributed by atoms with Gasteiger partial charge < -0.3 is 10.6 Å². The molecule has 4 nitrogen and oxygen atoms in total. The molecule has 1 amide bonds. The first-order valence-electron chi connectivity index (χ1n) is 13.5. The summed E-state index contributed by atoms with van der Waals surface area (Å²) in [6, 6.07) is 8.23. The van der Waals surface area contributed by atoms with Crippen LogP contribution in [0.3, 0.4) is 0 Å². The Labute approximate surface area is 197 Å². The van der Waals surface area contributed by atoms with Crippen molar-refractivity contribution in [1.82, 2.24) is 15.5 Å². The molecule has 1 saturated heterocycles. The Morgan fingerprint density at radius 3 is 2.09 bits per heavy atom. The maximum Gasteiger partial charge on any atom is 0.251 e. The molecule has 0 bridgehead atoms. The SMILES string of the molecule is CCCCCCCCCCCCNC(=O)c1ccc(CN(CC)CC2CCNCC2)cc1. The van der Waals surface area contributed by atoms with E-state index in [2.05, 4.69) is 41.5 Å². The van der Waals surface area contributed by atoms with Gasteiger partial charge >= 0.3 is 0 Å². The molecule has 4 heteroatoms. The molecule has 2 rings (SSSR count). The molecule has 1 fully saturated rings. The molecule has 1 aromatic carbocycles. The van der Waals surface area contributed by atoms with Gasteiger partial charge in [-0.1, -0.05) is 83.8 Å². The van der Waals surface area contributed by atoms with Crippen LogP contribution in [-0.2, 0) is 6.54 Å². The Hall–Kier alpha value is -1.39. The summed E-state index contributed by atoms with van der Waals surface area (Å²) in [5.74, 6) is 0.876. The van der Waals surface area contributed by atoms with Crippen LogP contribution in [0, 0.1) is 5.92 Å². The third-order valence-electron chi connectivity index (χ3n) is 6.86. The van der Waals surface area contributed by atoms with Gasteiger partial charge in [0.1, 0.15) is 0 Å². The highest BCUT2D eigenvalue weighted by atomic mass is 16.1. The number of piperidine rings is 1. The van der Waals surface area contributed by atoms with E-state index in [1.165, 1.54) is 82.7 Å². The minimum Gasteiger partial charge on any atom is -0.352 e. The third kappa shape index (κ3) is 11.5. The van der Waals surface area contributed by atoms with Crippen LogP contribution in [0.1, 0.15) is 107 Å². The van der Waals surface area contributed by atoms with E-state index in [0.29, 0.717) is 0 Å². The zero-order valence-electron chi connectivity index (χ0n) is 21.0. The van der Waals surface area contributed by atoms with Crippen LogP contribution >= 0.6 is 0 Å². The van der Waals surface area contributed by atoms with Crippen molar-refractivity contribution in [2.24, 2.45) is 5.92 Å². The number of hydrogen-bond donors (Lipinski definition) is 2. The van der Waals surface area contributed by atoms with Gasteiger partial charge in [-0.05, 0) is 62.5 Å². The predicted molar refractivity (Wildman–Crippen MR) is 137 cm³/mol. The Kier molecular flexibility index (Phi) is 14.4. The lowest BCUT2D eigenvalue weighted by Crippen LogP contribution is -2.35. The fourth-order valence-electron chi connectivity index (χ4n) is 4.67. The van der Waals surface area contributed by atoms with Gasteiger partial charge in [-0.15, -0.1) is 0 Å². The van der Waals surface area contributed by atoms with Crippen LogP contribution in [0.2, 0.25) is 0 Å². The molecule has 1 heterocycles. The van der Waals surface area contributed by atoms with Gasteiger partial charge in [0, 0.05) is 25.2 Å². The molecule has 0 atom stereocenters. The molecular weight excluding hydrogens is 394 g/mol. The average molecular weight is 444 g/mol. The summed E-state index contributed by atoms with van der Waals surface area (Å²) in [6.45, 7) is 10.8. The minimum absolute atomic E-state index is 0.0644. The molecule has 182 valence electrons. The first-order valence-corrected chi connectivity index (χ1v) is 13.5. The monoisotopic (exact) mass is 443 g/mol. The molecule has 0 radical (unpaired) electrons. The summed E-state index contributed by atoms with van der Waals surface area (Å²) < 4.78 is 0. The van der Waals surface area contributed by atoms with Crippen molar-refractivity contribution in [2.45, 2.75) is 97.4 Å². The van der Waals surface area contributed by atoms with Crippen LogP contribution in [-0.4, -0.2) is 43.5 Å². The van der Waals surface area contributed by atoms with E-state index >= 15 is 0 Å². The van der Waals surface area contributed by atoms with Crippen molar-refractivity contribution >= 4 is 5.91 Å². The van der Waals surface area contributed by atoms with Crippen LogP contribution in [0.4, 0.5) is 0 Å². The highest BCUT2D eigenvalue weighted by Crippen LogP contribution is 2.16. The molecule has 0 aliphatic carbocycles. The van der Waals surface area contributed by atoms with Gasteiger partial charge in [0.2, 0.25) is 0 Å². The van der Waals surface area contributed by atoms with Gasteiger partial charge in [0.25, 0.3) is 5.91 Å². The highest BCUT2D eigenvalue weighted by molar-refractivity contribution is 5.94. The Morgan fingerprint density at radius 1 is 0.906 bits per heavy atom. The second-order valence-electron chi connectivity index (χ2n) is 9.66. The number of carbonyl (C=O) groups is 1. The first-order chi connectivity index (χ1) is 15.7. The maximum atomic E-state index is 12.4. The summed E-state index contributed by atoms with van der Waals surface area (Å²) in [5.41, 5.74) is 2.08. The minimum atomic E-state index is 0.0644. The van der Waals surface area contributed by atoms with E-state index in [1.807, 2.05) is 12.1 Å². The van der Waals surface area contributed by atoms with Crippen LogP contribution < -0.4 is 10.6 Å². The van der Waals surface area contributed by atoms with Crippen molar-refractivity contribution in [3.63, 3.8) is 0 Å². The molecule has 1 aliphatic rings. The Morgan fingerprint density at radius 2 is 1.50 bits per heavy atom. The molecule has 0 saturated carbocycles. The molecular formula is C28H49N3O. The summed E-state index contributed by atoms with van der Waals surface area (Å²) in [5, 5.41) is 6.55. The normalized spacial score (nSPS) is 14.7. The summed E-state index contributed by atoms with van der Waals surface area (Å²) >= 11 is 0. The molecule has 0 aromatic heterocycles. The molecule has 0 unspecified atom stereocenters. The van der Waals surface area contributed by atoms with Crippen molar-refractivity contribution in [3.8, 4) is 0 Å². The van der Waals surface area contributed by atoms with E-state index in [9.17, 15) is 4.79 Å². The van der Waals surface area contributed by atoms with E-state index in [-0.39, 0.29) is 5.91 Å². The molecule has 0 spiro atoms. The number of hydrogen-bond acceptors (Lipinski definition) is 3. The van der Waals surface area contributed by atoms with Crippen LogP contribution in [0.5, 0.6) is 0 Å². The van der Waals surface area contributed by atoms with Gasteiger partial charge in [-0.25, -0.2) is 0 Å². The van der Waals surface area contributed by atoms with Crippen molar-refractivity contribution in [2.75, 3.05) is 32.7 Å². The molecule has 32 heavy (non-hydrogen) atoms. The van der Waals surface area contributed by atoms with Crippen molar-refractivity contribution < 1.29 is 4.79 Å². The van der Waals surface area contributed by atoms with E-state index in [1.54, 1.807) is 0 Å². The van der Waals surface area contributed by atoms with Gasteiger partial charge in [-0.2, -0.15) is 0 Å². The second kappa shape index (κ2) is 17.1. The van der Waals surface area contributed by atoms with Gasteiger partial charge in [0.05, 0.1) is 0 Å². The standard InChI is InChI=1S/C28H49N3O/c1-3-5-6-7-8-9-10-11-12-13-20-30-28(32)27-16-14-25(15-17-27)23-31(4-2)24-26-18-21-29-22-19-26/h14-17,26,29H,3-13,18-24H2,1-2H3,(H,30,32). The van der Waals surface area contributed by atoms with Gasteiger partial charge in [0.15, 0.2) is 0 Å². The Bertz CT molecular complexity index is 595. The lowest BCUT2D eigenvalue weighted by molar-refractivity contribution is 0.0953. The smallest absolute Gasteiger partial charge is 0.251 e. The van der Waals surface area contributed by atoms with Crippen molar-refractivity contribution in [3.05, 3.63) is 35.4 Å². The van der Waals surface area contributed by atoms with E-state index in [4.69, 9.17) is 0 Å². The number of unbranched alkanes of at least 4 members (excludes halogenated alkanes) is 9. The summed E-state index contributed by atoms with van der Waals surface area (Å²) in [4.78, 5) is 15.0. The average Bonchev–Trinajstić information content (AvgIpc) is 2.83. The lowest BCUT2D eigenvalue weighted by atomic mass is 9.97. The third-order valence-corrected chi connectivity index (χ3v) is 6.86. The zero-order chi connectivity index (χ0) is 22.9. The number of nitrogens with one attached hydrogen (secondary N) is 2. The van der Waals surface area contributed by atoms with Crippen molar-refractivity contribution in [1.29, 1.82) is 0 Å². The summed E-state index contributed by atoms with van der Waals surface area (Å²) in [7, 11) is 0. The number of carbonyl (C=O) groups excluding carboxylic acids is 1. The fourth-order valence-corrected chi connectivity index (χ4v) is 4.67. The first kappa shape index (κ1) is 26.9. The maximum absolute atomic E-state index is 12.4. The number of nitrogens with zero attached hydrogens (tertiary/aromatic N) is 1. The number of rotatable bonds is 17. The van der Waals surface area contributed by atoms with E-state index < -0.39 is 0 Å². The zero-order valence-corrected chi connectivity index (χ0v) is 21.0. The number of amides is 1. The Balaban J connectivity index is 1.57. The highest BCUT2D eigenvalue weighted by Gasteiger charge is 2.16. The topological polar surface area (TPSA) is 44.4 Å². The van der Waals surface area contributed by atoms with Crippen LogP contribution in [0.25, 0.3) is 0 Å². The number of benzene rings is 1. The molecule has 1 aromatic rings. The van der Waals surface area contributed by atoms with Crippen LogP contribution in [0.15, 0.2) is 24.3 Å². The molecule has 1 aliphatic heterocycles. The van der Waals surface area contributed by atoms with Gasteiger partial charge in [-0.3, -0.25) is 9.69 Å². The fraction of sp³-hybridized carbons (Fsp3) is 0.750. The van der Waals surface area contributed by atoms with E-state index in [0.717, 1.165) is 50.6 Å². The largest absolute Gasteiger partial charge is 0.352 e. The lowest BCUT2D eigenvalue weighted by Gasteiger charge is -2.29. The summed E-state index contributed by atoms with van der Waals surface area (Å²) in [6.07, 6.45) is 15.8. The quantitative estimate of drug-likeness (QED) is 0.283. The molecule has 2 N–H and O–H groups in total. The predicted octanol–water partition coefficient (Wildman–Crippen LogP) is 6.16. The second-order valence-corrected chi connectivity index (χ2v) is 9.66.